The van der Waals surface area contributed by atoms with E-state index in [1.165, 1.54) is 17.0 Å². The number of halogens is 5. The van der Waals surface area contributed by atoms with Gasteiger partial charge in [-0.15, -0.1) is 0 Å². The Morgan fingerprint density at radius 1 is 0.975 bits per heavy atom. The number of unbranched alkanes of at least 4 members (excludes halogenated alkanes) is 2. The zero-order valence-electron chi connectivity index (χ0n) is 22.8. The Labute approximate surface area is 230 Å². The van der Waals surface area contributed by atoms with Crippen molar-refractivity contribution in [2.75, 3.05) is 18.0 Å². The monoisotopic (exact) mass is 570 g/mol. The van der Waals surface area contributed by atoms with Crippen LogP contribution in [0.1, 0.15) is 52.9 Å². The van der Waals surface area contributed by atoms with E-state index in [-0.39, 0.29) is 24.5 Å². The van der Waals surface area contributed by atoms with E-state index >= 15 is 0 Å². The molecule has 0 spiro atoms. The summed E-state index contributed by atoms with van der Waals surface area (Å²) in [5, 5.41) is 2.68. The first-order valence-electron chi connectivity index (χ1n) is 13.2. The molecule has 0 bridgehead atoms. The van der Waals surface area contributed by atoms with E-state index in [2.05, 4.69) is 10.1 Å². The summed E-state index contributed by atoms with van der Waals surface area (Å²) in [5.74, 6) is -2.53. The fourth-order valence-electron chi connectivity index (χ4n) is 4.43. The number of amides is 2. The molecule has 0 saturated heterocycles. The summed E-state index contributed by atoms with van der Waals surface area (Å²) in [6.45, 7) is 3.04. The molecule has 0 aliphatic heterocycles. The quantitative estimate of drug-likeness (QED) is 0.224. The highest BCUT2D eigenvalue weighted by molar-refractivity contribution is 5.96. The molecule has 2 aromatic rings. The summed E-state index contributed by atoms with van der Waals surface area (Å²) >= 11 is 0. The van der Waals surface area contributed by atoms with Crippen LogP contribution in [0.5, 0.6) is 5.75 Å². The normalized spacial score (nSPS) is 17.2. The summed E-state index contributed by atoms with van der Waals surface area (Å²) in [6, 6.07) is 13.0. The number of ether oxygens (including phenoxy) is 2. The number of rotatable bonds is 11. The number of carbonyl (C=O) groups is 2. The molecule has 0 unspecified atom stereocenters. The molecule has 1 aliphatic rings. The van der Waals surface area contributed by atoms with Crippen molar-refractivity contribution in [3.63, 3.8) is 0 Å². The molecule has 220 valence electrons. The van der Waals surface area contributed by atoms with Gasteiger partial charge in [-0.2, -0.15) is 22.0 Å². The van der Waals surface area contributed by atoms with Crippen LogP contribution in [0.3, 0.4) is 0 Å². The largest absolute Gasteiger partial charge is 0.444 e. The Kier molecular flexibility index (Phi) is 10.4. The molecule has 0 radical (unpaired) electrons. The molecule has 2 aromatic carbocycles. The van der Waals surface area contributed by atoms with Crippen molar-refractivity contribution in [2.45, 2.75) is 71.3 Å². The van der Waals surface area contributed by atoms with Crippen molar-refractivity contribution in [1.82, 2.24) is 5.32 Å². The minimum atomic E-state index is -4.32. The molecular weight excluding hydrogens is 535 g/mol. The summed E-state index contributed by atoms with van der Waals surface area (Å²) in [5.41, 5.74) is 1.35. The molecule has 0 aromatic heterocycles. The van der Waals surface area contributed by atoms with Crippen molar-refractivity contribution < 1.29 is 41.0 Å². The highest BCUT2D eigenvalue weighted by Crippen LogP contribution is 2.45. The number of hydrogen-bond acceptors (Lipinski definition) is 4. The van der Waals surface area contributed by atoms with Crippen molar-refractivity contribution in [3.8, 4) is 16.9 Å². The third-order valence-electron chi connectivity index (χ3n) is 6.51. The van der Waals surface area contributed by atoms with Crippen LogP contribution in [0.4, 0.5) is 32.4 Å². The third-order valence-corrected chi connectivity index (χ3v) is 6.51. The zero-order valence-corrected chi connectivity index (χ0v) is 22.8. The Morgan fingerprint density at radius 3 is 2.25 bits per heavy atom. The van der Waals surface area contributed by atoms with Gasteiger partial charge in [0, 0.05) is 24.7 Å². The van der Waals surface area contributed by atoms with E-state index in [1.807, 2.05) is 0 Å². The van der Waals surface area contributed by atoms with Crippen LogP contribution >= 0.6 is 0 Å². The average molecular weight is 571 g/mol. The highest BCUT2D eigenvalue weighted by atomic mass is 19.4. The average Bonchev–Trinajstić information content (AvgIpc) is 2.80. The van der Waals surface area contributed by atoms with Gasteiger partial charge in [0.1, 0.15) is 11.4 Å². The number of nitrogens with zero attached hydrogens (tertiary/aromatic N) is 1. The summed E-state index contributed by atoms with van der Waals surface area (Å²) in [7, 11) is 0. The van der Waals surface area contributed by atoms with E-state index in [1.54, 1.807) is 57.2 Å². The van der Waals surface area contributed by atoms with Crippen LogP contribution in [-0.4, -0.2) is 43.5 Å². The van der Waals surface area contributed by atoms with E-state index in [0.29, 0.717) is 49.2 Å². The second-order valence-corrected chi connectivity index (χ2v) is 10.8. The smallest absolute Gasteiger partial charge is 0.407 e. The number of hydrogen-bond donors (Lipinski definition) is 1. The SMILES string of the molecule is CC(C)(C)OC(=O)NCCCCCN(c1cccc(-c2ccc(OC(F)F)cc2)c1)C(=O)[C@H]1C[C@H](C(F)(F)F)C1. The topological polar surface area (TPSA) is 67.9 Å². The maximum absolute atomic E-state index is 13.3. The van der Waals surface area contributed by atoms with E-state index in [0.717, 1.165) is 0 Å². The fraction of sp³-hybridized carbons (Fsp3) is 0.517. The molecule has 1 N–H and O–H groups in total. The Bertz CT molecular complexity index is 1130. The number of carbonyl (C=O) groups excluding carboxylic acids is 2. The first-order chi connectivity index (χ1) is 18.7. The third kappa shape index (κ3) is 9.38. The van der Waals surface area contributed by atoms with Gasteiger partial charge in [-0.1, -0.05) is 24.3 Å². The van der Waals surface area contributed by atoms with Gasteiger partial charge in [0.15, 0.2) is 0 Å². The van der Waals surface area contributed by atoms with E-state index in [9.17, 15) is 31.5 Å². The number of benzene rings is 2. The summed E-state index contributed by atoms with van der Waals surface area (Å²) in [6.07, 6.45) is -3.43. The van der Waals surface area contributed by atoms with Gasteiger partial charge in [-0.25, -0.2) is 4.79 Å². The molecule has 1 saturated carbocycles. The van der Waals surface area contributed by atoms with Crippen LogP contribution in [-0.2, 0) is 9.53 Å². The number of alkyl halides is 5. The van der Waals surface area contributed by atoms with Crippen molar-refractivity contribution in [2.24, 2.45) is 11.8 Å². The molecule has 2 amide bonds. The van der Waals surface area contributed by atoms with Gasteiger partial charge >= 0.3 is 18.9 Å². The van der Waals surface area contributed by atoms with Crippen LogP contribution in [0, 0.1) is 11.8 Å². The maximum Gasteiger partial charge on any atom is 0.407 e. The first kappa shape index (κ1) is 31.2. The number of anilines is 1. The molecule has 0 atom stereocenters. The second kappa shape index (κ2) is 13.3. The lowest BCUT2D eigenvalue weighted by Crippen LogP contribution is -2.46. The minimum absolute atomic E-state index is 0.0112. The van der Waals surface area contributed by atoms with Crippen molar-refractivity contribution >= 4 is 17.7 Å². The van der Waals surface area contributed by atoms with Crippen LogP contribution in [0.15, 0.2) is 48.5 Å². The molecule has 6 nitrogen and oxygen atoms in total. The predicted molar refractivity (Wildman–Crippen MR) is 141 cm³/mol. The molecule has 11 heteroatoms. The lowest BCUT2D eigenvalue weighted by molar-refractivity contribution is -0.204. The molecule has 1 fully saturated rings. The van der Waals surface area contributed by atoms with E-state index < -0.39 is 36.3 Å². The second-order valence-electron chi connectivity index (χ2n) is 10.8. The Balaban J connectivity index is 1.66. The van der Waals surface area contributed by atoms with Crippen molar-refractivity contribution in [1.29, 1.82) is 0 Å². The lowest BCUT2D eigenvalue weighted by atomic mass is 9.73. The summed E-state index contributed by atoms with van der Waals surface area (Å²) in [4.78, 5) is 26.7. The number of alkyl carbamates (subject to hydrolysis) is 1. The molecule has 40 heavy (non-hydrogen) atoms. The van der Waals surface area contributed by atoms with Gasteiger partial charge in [0.25, 0.3) is 0 Å². The molecule has 1 aliphatic carbocycles. The standard InChI is InChI=1S/C29H35F5N2O4/c1-28(2,3)40-27(38)35-14-5-4-6-15-36(25(37)21-16-22(17-21)29(32,33)34)23-9-7-8-20(18-23)19-10-12-24(13-11-19)39-26(30)31/h7-13,18,21-22,26H,4-6,14-17H2,1-3H3,(H,35,38)/t21-,22-. The predicted octanol–water partition coefficient (Wildman–Crippen LogP) is 7.57. The molecule has 3 rings (SSSR count). The molecule has 0 heterocycles. The maximum atomic E-state index is 13.3. The van der Waals surface area contributed by atoms with Crippen LogP contribution in [0.25, 0.3) is 11.1 Å². The van der Waals surface area contributed by atoms with Gasteiger partial charge in [-0.3, -0.25) is 4.79 Å². The van der Waals surface area contributed by atoms with Crippen LogP contribution < -0.4 is 15.0 Å². The minimum Gasteiger partial charge on any atom is -0.444 e. The molecular formula is C29H35F5N2O4. The summed E-state index contributed by atoms with van der Waals surface area (Å²) < 4.78 is 73.7. The zero-order chi connectivity index (χ0) is 29.5. The highest BCUT2D eigenvalue weighted by Gasteiger charge is 2.50. The van der Waals surface area contributed by atoms with E-state index in [4.69, 9.17) is 4.74 Å². The Morgan fingerprint density at radius 2 is 1.65 bits per heavy atom. The van der Waals surface area contributed by atoms with Gasteiger partial charge in [0.2, 0.25) is 5.91 Å². The van der Waals surface area contributed by atoms with Gasteiger partial charge < -0.3 is 19.7 Å². The Hall–Kier alpha value is -3.37. The number of nitrogens with one attached hydrogen (secondary N) is 1. The fourth-order valence-corrected chi connectivity index (χ4v) is 4.43. The van der Waals surface area contributed by atoms with Gasteiger partial charge in [-0.05, 0) is 88.3 Å². The lowest BCUT2D eigenvalue weighted by Gasteiger charge is -2.38. The van der Waals surface area contributed by atoms with Crippen molar-refractivity contribution in [3.05, 3.63) is 48.5 Å². The first-order valence-corrected chi connectivity index (χ1v) is 13.2. The van der Waals surface area contributed by atoms with Crippen LogP contribution in [0.2, 0.25) is 0 Å². The van der Waals surface area contributed by atoms with Gasteiger partial charge in [0.05, 0.1) is 5.92 Å².